The average molecular weight is 1050 g/mol. The van der Waals surface area contributed by atoms with Crippen molar-refractivity contribution < 1.29 is 62.6 Å². The molecular formula is C50H53Br2N3O6P2S. The molecule has 0 aromatic heterocycles. The van der Waals surface area contributed by atoms with Gasteiger partial charge in [0.1, 0.15) is 90.5 Å². The number of hydrogen-bond acceptors (Lipinski definition) is 8. The summed E-state index contributed by atoms with van der Waals surface area (Å²) >= 11 is 4.26. The second kappa shape index (κ2) is 26.3. The Balaban J connectivity index is 0.00000449. The minimum absolute atomic E-state index is 0. The zero-order valence-corrected chi connectivity index (χ0v) is 41.1. The van der Waals surface area contributed by atoms with Crippen molar-refractivity contribution in [3.05, 3.63) is 182 Å². The molecule has 334 valence electrons. The number of thiol groups is 1. The van der Waals surface area contributed by atoms with Crippen LogP contribution >= 0.6 is 27.2 Å². The summed E-state index contributed by atoms with van der Waals surface area (Å²) in [5.41, 5.74) is 6.23. The van der Waals surface area contributed by atoms with Crippen LogP contribution in [0.2, 0.25) is 0 Å². The van der Waals surface area contributed by atoms with Crippen molar-refractivity contribution in [3.8, 4) is 0 Å². The second-order valence-electron chi connectivity index (χ2n) is 14.6. The van der Waals surface area contributed by atoms with Gasteiger partial charge < -0.3 is 59.8 Å². The van der Waals surface area contributed by atoms with Crippen molar-refractivity contribution in [2.75, 3.05) is 37.8 Å². The fourth-order valence-corrected chi connectivity index (χ4v) is 16.1. The number of amides is 2. The summed E-state index contributed by atoms with van der Waals surface area (Å²) < 4.78 is 11.5. The fraction of sp³-hybridized carbons (Fsp3) is 0.200. The molecule has 2 amide bonds. The number of esters is 2. The SMILES string of the molecule is N[C@@H](CCC(=O)N[C@@H](CS)C(=O)NCC(=O)OCC[P+](c1ccccc1)(c1ccccc1)c1ccccc1)C(=O)OCC[P+](c1ccccc1)(c1ccccc1)c1ccccc1.[Br-].[Br-]. The van der Waals surface area contributed by atoms with Gasteiger partial charge in [-0.1, -0.05) is 109 Å². The Labute approximate surface area is 403 Å². The van der Waals surface area contributed by atoms with Gasteiger partial charge in [0, 0.05) is 12.2 Å². The number of ether oxygens (including phenoxy) is 2. The van der Waals surface area contributed by atoms with Crippen molar-refractivity contribution >= 4 is 82.7 Å². The number of rotatable bonds is 21. The van der Waals surface area contributed by atoms with E-state index in [-0.39, 0.29) is 72.3 Å². The summed E-state index contributed by atoms with van der Waals surface area (Å²) in [4.78, 5) is 52.2. The number of halogens is 2. The van der Waals surface area contributed by atoms with Crippen molar-refractivity contribution in [1.82, 2.24) is 10.6 Å². The lowest BCUT2D eigenvalue weighted by atomic mass is 10.1. The van der Waals surface area contributed by atoms with Gasteiger partial charge in [0.15, 0.2) is 0 Å². The third kappa shape index (κ3) is 13.2. The molecule has 64 heavy (non-hydrogen) atoms. The van der Waals surface area contributed by atoms with Crippen LogP contribution in [0.3, 0.4) is 0 Å². The molecule has 0 aliphatic rings. The van der Waals surface area contributed by atoms with Crippen LogP contribution in [-0.4, -0.2) is 73.7 Å². The van der Waals surface area contributed by atoms with E-state index in [2.05, 4.69) is 96.1 Å². The number of carbonyl (C=O) groups is 4. The first-order valence-electron chi connectivity index (χ1n) is 20.6. The Kier molecular flexibility index (Phi) is 21.4. The molecule has 0 saturated heterocycles. The Morgan fingerprint density at radius 1 is 0.531 bits per heavy atom. The van der Waals surface area contributed by atoms with Gasteiger partial charge in [-0.15, -0.1) is 0 Å². The molecule has 2 atom stereocenters. The van der Waals surface area contributed by atoms with E-state index >= 15 is 0 Å². The molecule has 4 N–H and O–H groups in total. The zero-order valence-electron chi connectivity index (χ0n) is 35.3. The monoisotopic (exact) mass is 1040 g/mol. The van der Waals surface area contributed by atoms with Crippen LogP contribution in [0, 0.1) is 0 Å². The molecule has 6 aromatic carbocycles. The minimum Gasteiger partial charge on any atom is -1.00 e. The quantitative estimate of drug-likeness (QED) is 0.0401. The molecular weight excluding hydrogens is 992 g/mol. The smallest absolute Gasteiger partial charge is 0.325 e. The lowest BCUT2D eigenvalue weighted by Crippen LogP contribution is -3.00. The van der Waals surface area contributed by atoms with Crippen molar-refractivity contribution in [2.45, 2.75) is 24.9 Å². The van der Waals surface area contributed by atoms with Gasteiger partial charge in [0.2, 0.25) is 11.8 Å². The highest BCUT2D eigenvalue weighted by Gasteiger charge is 2.46. The van der Waals surface area contributed by atoms with Gasteiger partial charge in [0.25, 0.3) is 0 Å². The van der Waals surface area contributed by atoms with Crippen LogP contribution in [0.1, 0.15) is 12.8 Å². The Hall–Kier alpha value is -4.67. The van der Waals surface area contributed by atoms with E-state index in [1.54, 1.807) is 0 Å². The molecule has 0 fully saturated rings. The van der Waals surface area contributed by atoms with Crippen LogP contribution in [0.4, 0.5) is 0 Å². The minimum atomic E-state index is -2.21. The van der Waals surface area contributed by atoms with Gasteiger partial charge >= 0.3 is 11.9 Å². The lowest BCUT2D eigenvalue weighted by Gasteiger charge is -2.27. The summed E-state index contributed by atoms with van der Waals surface area (Å²) in [6, 6.07) is 59.6. The normalized spacial score (nSPS) is 12.0. The standard InChI is InChI=1S/C50H51N3O6P2S.2BrH/c51-45(50(57)59-34-36-61(42-25-13-4-14-26-42,43-27-15-5-16-28-43)44-29-17-6-18-30-44)31-32-47(54)53-46(38-62)49(56)52-37-48(55)58-33-35-60(39-19-7-1-8-20-39,40-21-9-2-10-22-40)41-23-11-3-12-24-41;;/h1-30,45-46H,31-38,51H2,(H-2,52,53,54,56,62);2*1H/t45-,46-;;/m0../s1. The highest BCUT2D eigenvalue weighted by molar-refractivity contribution is 7.96. The molecule has 0 unspecified atom stereocenters. The first-order chi connectivity index (χ1) is 30.3. The van der Waals surface area contributed by atoms with E-state index in [1.165, 1.54) is 31.8 Å². The Morgan fingerprint density at radius 3 is 1.19 bits per heavy atom. The van der Waals surface area contributed by atoms with E-state index in [0.29, 0.717) is 12.3 Å². The summed E-state index contributed by atoms with van der Waals surface area (Å²) in [7, 11) is -4.43. The van der Waals surface area contributed by atoms with E-state index in [9.17, 15) is 19.2 Å². The predicted octanol–water partition coefficient (Wildman–Crippen LogP) is -1.29. The molecule has 14 heteroatoms. The molecule has 0 bridgehead atoms. The maximum absolute atomic E-state index is 13.1. The lowest BCUT2D eigenvalue weighted by molar-refractivity contribution is -0.145. The van der Waals surface area contributed by atoms with Gasteiger partial charge in [-0.05, 0) is 79.2 Å². The first-order valence-corrected chi connectivity index (χ1v) is 25.2. The number of nitrogens with one attached hydrogen (secondary N) is 2. The number of benzene rings is 6. The van der Waals surface area contributed by atoms with Crippen molar-refractivity contribution in [1.29, 1.82) is 0 Å². The zero-order chi connectivity index (χ0) is 43.6. The van der Waals surface area contributed by atoms with Crippen molar-refractivity contribution in [2.24, 2.45) is 5.73 Å². The molecule has 6 aromatic rings. The summed E-state index contributed by atoms with van der Waals surface area (Å²) in [5, 5.41) is 12.2. The topological polar surface area (TPSA) is 137 Å². The van der Waals surface area contributed by atoms with Gasteiger partial charge in [-0.2, -0.15) is 12.6 Å². The molecule has 6 rings (SSSR count). The van der Waals surface area contributed by atoms with Crippen molar-refractivity contribution in [3.63, 3.8) is 0 Å². The largest absolute Gasteiger partial charge is 1.00 e. The Morgan fingerprint density at radius 2 is 0.859 bits per heavy atom. The second-order valence-corrected chi connectivity index (χ2v) is 22.2. The number of nitrogens with two attached hydrogens (primary N) is 1. The number of hydrogen-bond donors (Lipinski definition) is 4. The highest BCUT2D eigenvalue weighted by atomic mass is 79.9. The van der Waals surface area contributed by atoms with E-state index in [0.717, 1.165) is 0 Å². The summed E-state index contributed by atoms with van der Waals surface area (Å²) in [6.45, 7) is -0.122. The highest BCUT2D eigenvalue weighted by Crippen LogP contribution is 2.56. The fourth-order valence-electron chi connectivity index (χ4n) is 7.65. The first kappa shape index (κ1) is 52.0. The molecule has 0 saturated carbocycles. The van der Waals surface area contributed by atoms with Crippen LogP contribution < -0.4 is 82.2 Å². The molecule has 9 nitrogen and oxygen atoms in total. The van der Waals surface area contributed by atoms with Gasteiger partial charge in [-0.25, -0.2) is 0 Å². The molecule has 0 spiro atoms. The number of carbonyl (C=O) groups excluding carboxylic acids is 4. The molecule has 0 radical (unpaired) electrons. The van der Waals surface area contributed by atoms with Crippen LogP contribution in [0.15, 0.2) is 182 Å². The Bertz CT molecular complexity index is 2150. The maximum Gasteiger partial charge on any atom is 0.325 e. The van der Waals surface area contributed by atoms with Crippen LogP contribution in [0.25, 0.3) is 0 Å². The third-order valence-corrected chi connectivity index (χ3v) is 19.9. The van der Waals surface area contributed by atoms with E-state index < -0.39 is 50.4 Å². The van der Waals surface area contributed by atoms with Gasteiger partial charge in [-0.3, -0.25) is 19.2 Å². The average Bonchev–Trinajstić information content (AvgIpc) is 3.33. The van der Waals surface area contributed by atoms with Crippen LogP contribution in [-0.2, 0) is 28.7 Å². The van der Waals surface area contributed by atoms with Gasteiger partial charge in [0.05, 0.1) is 0 Å². The summed E-state index contributed by atoms with van der Waals surface area (Å²) in [5.74, 6) is -2.31. The molecule has 0 heterocycles. The third-order valence-electron chi connectivity index (χ3n) is 10.8. The molecule has 0 aliphatic heterocycles. The molecule has 0 aliphatic carbocycles. The van der Waals surface area contributed by atoms with Crippen LogP contribution in [0.5, 0.6) is 0 Å². The summed E-state index contributed by atoms with van der Waals surface area (Å²) in [6.07, 6.45) is 1.01. The van der Waals surface area contributed by atoms with E-state index in [4.69, 9.17) is 15.2 Å². The van der Waals surface area contributed by atoms with E-state index in [1.807, 2.05) is 109 Å². The predicted molar refractivity (Wildman–Crippen MR) is 258 cm³/mol. The maximum atomic E-state index is 13.1.